The van der Waals surface area contributed by atoms with Gasteiger partial charge in [-0.1, -0.05) is 41.1 Å². The van der Waals surface area contributed by atoms with Gasteiger partial charge >= 0.3 is 0 Å². The molecule has 0 amide bonds. The van der Waals surface area contributed by atoms with Gasteiger partial charge < -0.3 is 0 Å². The Hall–Kier alpha value is -3.00. The highest BCUT2D eigenvalue weighted by Gasteiger charge is 2.23. The van der Waals surface area contributed by atoms with Crippen LogP contribution in [-0.2, 0) is 10.0 Å². The molecule has 0 aliphatic heterocycles. The predicted molar refractivity (Wildman–Crippen MR) is 93.4 cm³/mol. The Labute approximate surface area is 145 Å². The highest BCUT2D eigenvalue weighted by atomic mass is 32.2. The largest absolute Gasteiger partial charge is 0.293 e. The summed E-state index contributed by atoms with van der Waals surface area (Å²) in [6, 6.07) is 15.3. The number of para-hydroxylation sites is 1. The first-order valence-electron chi connectivity index (χ1n) is 7.50. The second-order valence-electron chi connectivity index (χ2n) is 5.51. The summed E-state index contributed by atoms with van der Waals surface area (Å²) in [6.07, 6.45) is 0. The Kier molecular flexibility index (Phi) is 4.37. The second-order valence-corrected chi connectivity index (χ2v) is 7.19. The summed E-state index contributed by atoms with van der Waals surface area (Å²) in [4.78, 5) is 11.9. The number of nitrogens with zero attached hydrogens (tertiary/aromatic N) is 3. The lowest BCUT2D eigenvalue weighted by molar-refractivity contribution is 0.101. The zero-order valence-electron chi connectivity index (χ0n) is 13.7. The number of ketones is 1. The van der Waals surface area contributed by atoms with E-state index >= 15 is 0 Å². The Morgan fingerprint density at radius 1 is 1.04 bits per heavy atom. The van der Waals surface area contributed by atoms with Crippen LogP contribution in [-0.4, -0.2) is 29.2 Å². The molecule has 1 heterocycles. The van der Waals surface area contributed by atoms with Crippen LogP contribution < -0.4 is 4.72 Å². The van der Waals surface area contributed by atoms with Gasteiger partial charge in [0, 0.05) is 6.92 Å². The molecule has 0 spiro atoms. The first kappa shape index (κ1) is 16.8. The van der Waals surface area contributed by atoms with E-state index in [-0.39, 0.29) is 22.2 Å². The molecule has 0 bridgehead atoms. The smallest absolute Gasteiger partial charge is 0.263 e. The number of nitrogens with one attached hydrogen (secondary N) is 1. The van der Waals surface area contributed by atoms with E-state index in [9.17, 15) is 13.2 Å². The maximum absolute atomic E-state index is 12.7. The quantitative estimate of drug-likeness (QED) is 0.709. The van der Waals surface area contributed by atoms with E-state index in [2.05, 4.69) is 15.0 Å². The van der Waals surface area contributed by atoms with Crippen molar-refractivity contribution in [2.45, 2.75) is 18.7 Å². The number of hydrogen-bond donors (Lipinski definition) is 1. The van der Waals surface area contributed by atoms with Crippen LogP contribution in [0.4, 0.5) is 5.82 Å². The van der Waals surface area contributed by atoms with Gasteiger partial charge in [0.2, 0.25) is 0 Å². The third kappa shape index (κ3) is 3.43. The number of carbonyl (C=O) groups excluding carboxylic acids is 1. The Balaban J connectivity index is 2.08. The fourth-order valence-corrected chi connectivity index (χ4v) is 3.31. The fourth-order valence-electron chi connectivity index (χ4n) is 2.26. The summed E-state index contributed by atoms with van der Waals surface area (Å²) >= 11 is 0. The topological polar surface area (TPSA) is 93.9 Å². The SMILES string of the molecule is CC(=O)c1nnn(-c2ccccc2)c1NS(=O)(=O)c1ccc(C)cc1. The van der Waals surface area contributed by atoms with E-state index in [1.807, 2.05) is 13.0 Å². The molecule has 1 aromatic heterocycles. The Bertz CT molecular complexity index is 1010. The molecule has 0 unspecified atom stereocenters. The van der Waals surface area contributed by atoms with E-state index < -0.39 is 10.0 Å². The highest BCUT2D eigenvalue weighted by Crippen LogP contribution is 2.22. The monoisotopic (exact) mass is 356 g/mol. The molecule has 0 saturated carbocycles. The van der Waals surface area contributed by atoms with Crippen LogP contribution in [0.25, 0.3) is 5.69 Å². The lowest BCUT2D eigenvalue weighted by atomic mass is 10.2. The van der Waals surface area contributed by atoms with Gasteiger partial charge in [-0.15, -0.1) is 5.10 Å². The molecule has 0 aliphatic rings. The van der Waals surface area contributed by atoms with Crippen molar-refractivity contribution in [3.8, 4) is 5.69 Å². The first-order valence-corrected chi connectivity index (χ1v) is 8.98. The number of rotatable bonds is 5. The fraction of sp³-hybridized carbons (Fsp3) is 0.118. The van der Waals surface area contributed by atoms with Gasteiger partial charge in [-0.3, -0.25) is 9.52 Å². The summed E-state index contributed by atoms with van der Waals surface area (Å²) in [5.74, 6) is -0.372. The van der Waals surface area contributed by atoms with Crippen molar-refractivity contribution in [1.29, 1.82) is 0 Å². The van der Waals surface area contributed by atoms with Crippen LogP contribution in [0.3, 0.4) is 0 Å². The minimum atomic E-state index is -3.89. The van der Waals surface area contributed by atoms with Crippen molar-refractivity contribution in [3.05, 3.63) is 65.9 Å². The van der Waals surface area contributed by atoms with E-state index in [4.69, 9.17) is 0 Å². The number of aryl methyl sites for hydroxylation is 1. The molecule has 3 aromatic rings. The van der Waals surface area contributed by atoms with Crippen LogP contribution in [0, 0.1) is 6.92 Å². The van der Waals surface area contributed by atoms with Crippen molar-refractivity contribution >= 4 is 21.6 Å². The molecule has 7 nitrogen and oxygen atoms in total. The van der Waals surface area contributed by atoms with Crippen LogP contribution in [0.15, 0.2) is 59.5 Å². The van der Waals surface area contributed by atoms with Crippen LogP contribution in [0.1, 0.15) is 23.0 Å². The normalized spacial score (nSPS) is 11.3. The van der Waals surface area contributed by atoms with E-state index in [0.29, 0.717) is 5.69 Å². The molecule has 2 aromatic carbocycles. The number of Topliss-reactive ketones (excluding diaryl/α,β-unsaturated/α-hetero) is 1. The number of benzene rings is 2. The summed E-state index contributed by atoms with van der Waals surface area (Å²) in [5, 5.41) is 7.74. The van der Waals surface area contributed by atoms with Crippen LogP contribution in [0.2, 0.25) is 0 Å². The standard InChI is InChI=1S/C17H16N4O3S/c1-12-8-10-15(11-9-12)25(23,24)19-17-16(13(2)22)18-20-21(17)14-6-4-3-5-7-14/h3-11,19H,1-2H3. The highest BCUT2D eigenvalue weighted by molar-refractivity contribution is 7.92. The average molecular weight is 356 g/mol. The van der Waals surface area contributed by atoms with Crippen LogP contribution >= 0.6 is 0 Å². The van der Waals surface area contributed by atoms with Crippen molar-refractivity contribution in [2.75, 3.05) is 4.72 Å². The van der Waals surface area contributed by atoms with E-state index in [1.54, 1.807) is 36.4 Å². The third-order valence-corrected chi connectivity index (χ3v) is 4.92. The predicted octanol–water partition coefficient (Wildman–Crippen LogP) is 2.58. The maximum atomic E-state index is 12.7. The number of aromatic nitrogens is 3. The van der Waals surface area contributed by atoms with Crippen molar-refractivity contribution in [3.63, 3.8) is 0 Å². The van der Waals surface area contributed by atoms with Gasteiger partial charge in [0.25, 0.3) is 10.0 Å². The Morgan fingerprint density at radius 2 is 1.68 bits per heavy atom. The molecule has 128 valence electrons. The minimum Gasteiger partial charge on any atom is -0.293 e. The average Bonchev–Trinajstić information content (AvgIpc) is 2.99. The molecule has 0 radical (unpaired) electrons. The molecular formula is C17H16N4O3S. The number of carbonyl (C=O) groups is 1. The number of sulfonamides is 1. The lowest BCUT2D eigenvalue weighted by Gasteiger charge is -2.11. The zero-order chi connectivity index (χ0) is 18.0. The van der Waals surface area contributed by atoms with Crippen molar-refractivity contribution < 1.29 is 13.2 Å². The molecule has 0 aliphatic carbocycles. The molecule has 0 atom stereocenters. The van der Waals surface area contributed by atoms with Crippen LogP contribution in [0.5, 0.6) is 0 Å². The summed E-state index contributed by atoms with van der Waals surface area (Å²) < 4.78 is 29.1. The Morgan fingerprint density at radius 3 is 2.28 bits per heavy atom. The van der Waals surface area contributed by atoms with Gasteiger partial charge in [0.15, 0.2) is 17.3 Å². The van der Waals surface area contributed by atoms with E-state index in [0.717, 1.165) is 5.56 Å². The second kappa shape index (κ2) is 6.48. The van der Waals surface area contributed by atoms with Gasteiger partial charge in [0.1, 0.15) is 0 Å². The molecule has 3 rings (SSSR count). The first-order chi connectivity index (χ1) is 11.9. The minimum absolute atomic E-state index is 0.0132. The lowest BCUT2D eigenvalue weighted by Crippen LogP contribution is -2.17. The zero-order valence-corrected chi connectivity index (χ0v) is 14.5. The number of anilines is 1. The molecule has 0 fully saturated rings. The molecule has 0 saturated heterocycles. The van der Waals surface area contributed by atoms with Gasteiger partial charge in [-0.25, -0.2) is 8.42 Å². The molecule has 25 heavy (non-hydrogen) atoms. The molecule has 1 N–H and O–H groups in total. The van der Waals surface area contributed by atoms with Gasteiger partial charge in [-0.2, -0.15) is 4.68 Å². The van der Waals surface area contributed by atoms with Gasteiger partial charge in [-0.05, 0) is 31.2 Å². The molecular weight excluding hydrogens is 340 g/mol. The third-order valence-electron chi connectivity index (χ3n) is 3.57. The summed E-state index contributed by atoms with van der Waals surface area (Å²) in [6.45, 7) is 3.18. The molecule has 8 heteroatoms. The van der Waals surface area contributed by atoms with Gasteiger partial charge in [0.05, 0.1) is 10.6 Å². The summed E-state index contributed by atoms with van der Waals surface area (Å²) in [5.41, 5.74) is 1.49. The maximum Gasteiger partial charge on any atom is 0.263 e. The van der Waals surface area contributed by atoms with Crippen molar-refractivity contribution in [1.82, 2.24) is 15.0 Å². The van der Waals surface area contributed by atoms with E-state index in [1.165, 1.54) is 23.7 Å². The number of hydrogen-bond acceptors (Lipinski definition) is 5. The van der Waals surface area contributed by atoms with Crippen molar-refractivity contribution in [2.24, 2.45) is 0 Å². The summed E-state index contributed by atoms with van der Waals surface area (Å²) in [7, 11) is -3.89.